The number of hydrogen-bond acceptors (Lipinski definition) is 8. The molecule has 0 aliphatic carbocycles. The van der Waals surface area contributed by atoms with Crippen molar-refractivity contribution in [2.45, 2.75) is 59.2 Å². The molecule has 0 unspecified atom stereocenters. The molecule has 0 saturated carbocycles. The first-order chi connectivity index (χ1) is 17.1. The predicted octanol–water partition coefficient (Wildman–Crippen LogP) is 2.01. The molecule has 1 aliphatic rings. The van der Waals surface area contributed by atoms with Crippen LogP contribution < -0.4 is 16.0 Å². The second kappa shape index (κ2) is 14.2. The smallest absolute Gasteiger partial charge is 0.329 e. The van der Waals surface area contributed by atoms with Crippen LogP contribution in [0.1, 0.15) is 56.7 Å². The van der Waals surface area contributed by atoms with Crippen molar-refractivity contribution in [1.82, 2.24) is 20.9 Å². The second-order valence-electron chi connectivity index (χ2n) is 8.38. The molecule has 0 saturated heterocycles. The first kappa shape index (κ1) is 28.8. The Morgan fingerprint density at radius 1 is 1.22 bits per heavy atom. The number of rotatable bonds is 5. The van der Waals surface area contributed by atoms with E-state index in [0.29, 0.717) is 17.9 Å². The van der Waals surface area contributed by atoms with Crippen LogP contribution in [-0.2, 0) is 30.5 Å². The minimum Gasteiger partial charge on any atom is -0.456 e. The lowest BCUT2D eigenvalue weighted by atomic mass is 10.0. The summed E-state index contributed by atoms with van der Waals surface area (Å²) in [5.74, 6) is -2.13. The molecule has 3 N–H and O–H groups in total. The number of thioether (sulfide) groups is 1. The maximum atomic E-state index is 13.0. The van der Waals surface area contributed by atoms with Gasteiger partial charge in [0.05, 0.1) is 18.7 Å². The molecule has 3 amide bonds. The lowest BCUT2D eigenvalue weighted by Crippen LogP contribution is -2.48. The van der Waals surface area contributed by atoms with Gasteiger partial charge in [0.25, 0.3) is 11.8 Å². The topological polar surface area (TPSA) is 144 Å². The molecule has 11 heteroatoms. The quantitative estimate of drug-likeness (QED) is 0.233. The number of ether oxygens (including phenoxy) is 1. The molecule has 1 aromatic rings. The van der Waals surface area contributed by atoms with Gasteiger partial charge in [-0.05, 0) is 37.5 Å². The summed E-state index contributed by atoms with van der Waals surface area (Å²) in [5, 5.41) is 7.86. The number of allylic oxidation sites excluding steroid dienone is 2. The molecular formula is C25H32N4O6S. The number of cyclic esters (lactones) is 1. The van der Waals surface area contributed by atoms with E-state index in [-0.39, 0.29) is 41.3 Å². The Balaban J connectivity index is 2.33. The predicted molar refractivity (Wildman–Crippen MR) is 135 cm³/mol. The van der Waals surface area contributed by atoms with E-state index in [2.05, 4.69) is 20.9 Å². The van der Waals surface area contributed by atoms with E-state index < -0.39 is 29.9 Å². The highest BCUT2D eigenvalue weighted by molar-refractivity contribution is 8.13. The van der Waals surface area contributed by atoms with Gasteiger partial charge in [-0.15, -0.1) is 0 Å². The van der Waals surface area contributed by atoms with E-state index in [1.54, 1.807) is 45.1 Å². The van der Waals surface area contributed by atoms with Crippen LogP contribution in [0.4, 0.5) is 0 Å². The number of amides is 3. The van der Waals surface area contributed by atoms with Crippen molar-refractivity contribution in [3.05, 3.63) is 53.5 Å². The number of esters is 1. The molecule has 0 spiro atoms. The molecule has 2 atom stereocenters. The average Bonchev–Trinajstić information content (AvgIpc) is 2.83. The SMILES string of the molecule is C/C=C1\NC(=O)c2cccc(n2)CNC(=O)C[C@@H](/C=C/CCSC(C)=O)OC(=O)[C@H](C(C)C)NC1=O. The fourth-order valence-corrected chi connectivity index (χ4v) is 3.74. The Labute approximate surface area is 214 Å². The minimum atomic E-state index is -1.02. The first-order valence-electron chi connectivity index (χ1n) is 11.6. The van der Waals surface area contributed by atoms with Gasteiger partial charge in [0.1, 0.15) is 23.5 Å². The number of nitrogens with one attached hydrogen (secondary N) is 3. The average molecular weight is 517 g/mol. The third-order valence-electron chi connectivity index (χ3n) is 5.09. The summed E-state index contributed by atoms with van der Waals surface area (Å²) in [5.41, 5.74) is 0.482. The van der Waals surface area contributed by atoms with E-state index in [9.17, 15) is 24.0 Å². The highest BCUT2D eigenvalue weighted by Gasteiger charge is 2.30. The molecule has 36 heavy (non-hydrogen) atoms. The zero-order valence-electron chi connectivity index (χ0n) is 20.8. The minimum absolute atomic E-state index is 0.00352. The molecule has 10 nitrogen and oxygen atoms in total. The van der Waals surface area contributed by atoms with Crippen molar-refractivity contribution in [2.24, 2.45) is 5.92 Å². The number of carbonyl (C=O) groups excluding carboxylic acids is 5. The number of nitrogens with zero attached hydrogens (tertiary/aromatic N) is 1. The van der Waals surface area contributed by atoms with E-state index in [0.717, 1.165) is 0 Å². The standard InChI is InChI=1S/C25H32N4O6S/c1-5-19-23(32)29-22(15(2)3)25(34)35-18(10-6-7-12-36-16(4)30)13-21(31)26-14-17-9-8-11-20(27-17)24(33)28-19/h5-6,8-11,15,18,22H,7,12-14H2,1-4H3,(H,26,31)(H,28,33)(H,29,32)/b10-6+,19-5-/t18-,22+/m1/s1. The van der Waals surface area contributed by atoms with Gasteiger partial charge in [-0.25, -0.2) is 9.78 Å². The normalized spacial score (nSPS) is 21.2. The molecular weight excluding hydrogens is 484 g/mol. The fraction of sp³-hybridized carbons (Fsp3) is 0.440. The molecule has 2 rings (SSSR count). The fourth-order valence-electron chi connectivity index (χ4n) is 3.20. The zero-order chi connectivity index (χ0) is 26.7. The number of fused-ring (bicyclic) bond motifs is 2. The summed E-state index contributed by atoms with van der Waals surface area (Å²) >= 11 is 1.18. The zero-order valence-corrected chi connectivity index (χ0v) is 21.6. The van der Waals surface area contributed by atoms with E-state index in [4.69, 9.17) is 4.74 Å². The Hall–Kier alpha value is -3.47. The monoisotopic (exact) mass is 516 g/mol. The van der Waals surface area contributed by atoms with E-state index in [1.165, 1.54) is 30.8 Å². The molecule has 2 heterocycles. The van der Waals surface area contributed by atoms with Gasteiger partial charge in [0.15, 0.2) is 5.12 Å². The first-order valence-corrected chi connectivity index (χ1v) is 12.6. The number of pyridine rings is 1. The third-order valence-corrected chi connectivity index (χ3v) is 5.94. The number of carbonyl (C=O) groups is 5. The van der Waals surface area contributed by atoms with Crippen LogP contribution in [0, 0.1) is 5.92 Å². The van der Waals surface area contributed by atoms with Crippen LogP contribution in [0.2, 0.25) is 0 Å². The molecule has 2 bridgehead atoms. The molecule has 0 radical (unpaired) electrons. The van der Waals surface area contributed by atoms with Gasteiger partial charge in [-0.1, -0.05) is 43.8 Å². The highest BCUT2D eigenvalue weighted by atomic mass is 32.2. The summed E-state index contributed by atoms with van der Waals surface area (Å²) in [7, 11) is 0. The van der Waals surface area contributed by atoms with Crippen molar-refractivity contribution in [3.8, 4) is 0 Å². The molecule has 194 valence electrons. The summed E-state index contributed by atoms with van der Waals surface area (Å²) in [6.07, 6.45) is 4.30. The van der Waals surface area contributed by atoms with Crippen LogP contribution >= 0.6 is 11.8 Å². The Bertz CT molecular complexity index is 1050. The Morgan fingerprint density at radius 2 is 1.97 bits per heavy atom. The van der Waals surface area contributed by atoms with Crippen molar-refractivity contribution < 1.29 is 28.7 Å². The summed E-state index contributed by atoms with van der Waals surface area (Å²) in [6, 6.07) is 3.75. The molecule has 1 aliphatic heterocycles. The van der Waals surface area contributed by atoms with Crippen molar-refractivity contribution in [3.63, 3.8) is 0 Å². The van der Waals surface area contributed by atoms with E-state index >= 15 is 0 Å². The Kier molecular flexibility index (Phi) is 11.3. The molecule has 0 aromatic carbocycles. The maximum absolute atomic E-state index is 13.0. The lowest BCUT2D eigenvalue weighted by Gasteiger charge is -2.24. The van der Waals surface area contributed by atoms with Gasteiger partial charge < -0.3 is 20.7 Å². The van der Waals surface area contributed by atoms with Gasteiger partial charge in [0, 0.05) is 12.7 Å². The van der Waals surface area contributed by atoms with Gasteiger partial charge in [-0.3, -0.25) is 19.2 Å². The van der Waals surface area contributed by atoms with Crippen molar-refractivity contribution in [1.29, 1.82) is 0 Å². The second-order valence-corrected chi connectivity index (χ2v) is 9.65. The summed E-state index contributed by atoms with van der Waals surface area (Å²) in [4.78, 5) is 66.5. The van der Waals surface area contributed by atoms with Gasteiger partial charge in [-0.2, -0.15) is 0 Å². The van der Waals surface area contributed by atoms with Gasteiger partial charge in [0.2, 0.25) is 5.91 Å². The molecule has 0 fully saturated rings. The van der Waals surface area contributed by atoms with Crippen LogP contribution in [0.15, 0.2) is 42.1 Å². The lowest BCUT2D eigenvalue weighted by molar-refractivity contribution is -0.153. The molecule has 1 aromatic heterocycles. The van der Waals surface area contributed by atoms with Crippen LogP contribution in [0.3, 0.4) is 0 Å². The number of hydrogen-bond donors (Lipinski definition) is 3. The van der Waals surface area contributed by atoms with Crippen LogP contribution in [0.5, 0.6) is 0 Å². The van der Waals surface area contributed by atoms with Crippen LogP contribution in [0.25, 0.3) is 0 Å². The largest absolute Gasteiger partial charge is 0.456 e. The van der Waals surface area contributed by atoms with Gasteiger partial charge >= 0.3 is 5.97 Å². The Morgan fingerprint density at radius 3 is 2.64 bits per heavy atom. The van der Waals surface area contributed by atoms with Crippen molar-refractivity contribution >= 4 is 40.6 Å². The summed E-state index contributed by atoms with van der Waals surface area (Å²) in [6.45, 7) is 6.61. The highest BCUT2D eigenvalue weighted by Crippen LogP contribution is 2.12. The number of aromatic nitrogens is 1. The summed E-state index contributed by atoms with van der Waals surface area (Å²) < 4.78 is 5.61. The van der Waals surface area contributed by atoms with Crippen molar-refractivity contribution in [2.75, 3.05) is 5.75 Å². The van der Waals surface area contributed by atoms with E-state index in [1.807, 2.05) is 0 Å². The maximum Gasteiger partial charge on any atom is 0.329 e. The third kappa shape index (κ3) is 9.29. The van der Waals surface area contributed by atoms with Crippen LogP contribution in [-0.4, -0.2) is 51.7 Å².